The molecule has 0 saturated heterocycles. The van der Waals surface area contributed by atoms with Crippen molar-refractivity contribution in [2.24, 2.45) is 16.6 Å². The molecule has 5 nitrogen and oxygen atoms in total. The van der Waals surface area contributed by atoms with Gasteiger partial charge in [0.1, 0.15) is 11.5 Å². The van der Waals surface area contributed by atoms with Crippen LogP contribution in [0.4, 0.5) is 18.9 Å². The Kier molecular flexibility index (Phi) is 7.25. The van der Waals surface area contributed by atoms with Gasteiger partial charge in [-0.25, -0.2) is 13.2 Å². The molecule has 2 atom stereocenters. The molecule has 1 fully saturated rings. The summed E-state index contributed by atoms with van der Waals surface area (Å²) in [6.45, 7) is 4.00. The number of aliphatic imine (C=N–C) groups is 1. The number of amides is 1. The largest absolute Gasteiger partial charge is 0.379 e. The van der Waals surface area contributed by atoms with Gasteiger partial charge in [-0.3, -0.25) is 14.8 Å². The van der Waals surface area contributed by atoms with Crippen molar-refractivity contribution >= 4 is 28.5 Å². The van der Waals surface area contributed by atoms with Gasteiger partial charge in [-0.15, -0.1) is 0 Å². The summed E-state index contributed by atoms with van der Waals surface area (Å²) in [6.07, 6.45) is 0.886. The number of fused-ring (bicyclic) bond motifs is 1. The van der Waals surface area contributed by atoms with Crippen molar-refractivity contribution in [3.8, 4) is 0 Å². The fourth-order valence-electron chi connectivity index (χ4n) is 4.06. The van der Waals surface area contributed by atoms with Crippen LogP contribution in [0, 0.1) is 11.7 Å². The number of alkyl halides is 2. The monoisotopic (exact) mass is 450 g/mol. The molecule has 3 N–H and O–H groups in total. The van der Waals surface area contributed by atoms with Gasteiger partial charge in [-0.2, -0.15) is 0 Å². The van der Waals surface area contributed by atoms with Gasteiger partial charge >= 0.3 is 0 Å². The number of nitrogens with one attached hydrogen (secondary N) is 1. The number of nitrogens with two attached hydrogens (primary N) is 1. The minimum atomic E-state index is -2.65. The Morgan fingerprint density at radius 2 is 2.06 bits per heavy atom. The molecule has 0 spiro atoms. The van der Waals surface area contributed by atoms with Crippen molar-refractivity contribution in [1.82, 2.24) is 4.98 Å². The quantitative estimate of drug-likeness (QED) is 0.645. The van der Waals surface area contributed by atoms with E-state index >= 15 is 0 Å². The molecular weight excluding hydrogens is 425 g/mol. The minimum absolute atomic E-state index is 0.00601. The number of hydrogen-bond donors (Lipinski definition) is 2. The third-order valence-electron chi connectivity index (χ3n) is 5.49. The van der Waals surface area contributed by atoms with E-state index in [1.807, 2.05) is 13.8 Å². The third kappa shape index (κ3) is 4.71. The Labute approximate surface area is 183 Å². The second kappa shape index (κ2) is 9.72. The van der Waals surface area contributed by atoms with Crippen LogP contribution in [0.3, 0.4) is 0 Å². The van der Waals surface area contributed by atoms with Gasteiger partial charge in [-0.1, -0.05) is 32.0 Å². The van der Waals surface area contributed by atoms with Gasteiger partial charge in [0.25, 0.3) is 12.3 Å². The molecule has 0 radical (unpaired) electrons. The number of anilines is 1. The molecule has 1 aromatic heterocycles. The summed E-state index contributed by atoms with van der Waals surface area (Å²) in [5.74, 6) is 0.0128. The van der Waals surface area contributed by atoms with Gasteiger partial charge in [0.15, 0.2) is 5.17 Å². The lowest BCUT2D eigenvalue weighted by Crippen LogP contribution is -2.37. The topological polar surface area (TPSA) is 80.4 Å². The highest BCUT2D eigenvalue weighted by atomic mass is 32.2. The number of pyridine rings is 1. The van der Waals surface area contributed by atoms with Crippen molar-refractivity contribution < 1.29 is 18.0 Å². The first-order valence-corrected chi connectivity index (χ1v) is 11.2. The van der Waals surface area contributed by atoms with Crippen LogP contribution in [0.1, 0.15) is 61.2 Å². The van der Waals surface area contributed by atoms with Crippen molar-refractivity contribution in [3.63, 3.8) is 0 Å². The summed E-state index contributed by atoms with van der Waals surface area (Å²) in [6, 6.07) is 6.73. The van der Waals surface area contributed by atoms with Gasteiger partial charge in [0.05, 0.1) is 5.54 Å². The minimum Gasteiger partial charge on any atom is -0.379 e. The highest BCUT2D eigenvalue weighted by Gasteiger charge is 2.48. The highest BCUT2D eigenvalue weighted by molar-refractivity contribution is 8.13. The normalized spacial score (nSPS) is 22.3. The summed E-state index contributed by atoms with van der Waals surface area (Å²) in [5, 5.41) is 3.11. The molecule has 1 amide bonds. The number of rotatable bonds is 4. The maximum atomic E-state index is 14.8. The molecule has 1 aliphatic heterocycles. The van der Waals surface area contributed by atoms with Crippen molar-refractivity contribution in [2.75, 3.05) is 11.1 Å². The molecule has 2 unspecified atom stereocenters. The summed E-state index contributed by atoms with van der Waals surface area (Å²) >= 11 is 1.48. The number of nitrogens with zero attached hydrogens (tertiary/aromatic N) is 2. The van der Waals surface area contributed by atoms with Gasteiger partial charge < -0.3 is 11.1 Å². The Morgan fingerprint density at radius 3 is 2.74 bits per heavy atom. The second-order valence-corrected chi connectivity index (χ2v) is 8.24. The van der Waals surface area contributed by atoms with Crippen LogP contribution in [0.25, 0.3) is 0 Å². The molecule has 1 saturated carbocycles. The van der Waals surface area contributed by atoms with E-state index < -0.39 is 23.7 Å². The van der Waals surface area contributed by atoms with Crippen LogP contribution in [-0.4, -0.2) is 21.8 Å². The molecule has 166 valence electrons. The Bertz CT molecular complexity index is 968. The number of thioether (sulfide) groups is 1. The predicted octanol–water partition coefficient (Wildman–Crippen LogP) is 5.49. The predicted molar refractivity (Wildman–Crippen MR) is 118 cm³/mol. The zero-order valence-corrected chi connectivity index (χ0v) is 18.2. The third-order valence-corrected chi connectivity index (χ3v) is 6.45. The standard InChI is InChI=1S/C20H19F3N4OS.C2H6/c21-15-5-4-13(26-18(28)16-6-3-11(9-25-16)17(22)23)8-14(15)20-7-1-2-12(20)10-29-19(24)27-20;1-2/h3-6,8-9,12,17H,1-2,7,10H2,(H2,24,27)(H,26,28);1-2H3. The van der Waals surface area contributed by atoms with Crippen LogP contribution >= 0.6 is 11.8 Å². The van der Waals surface area contributed by atoms with Gasteiger partial charge in [-0.05, 0) is 49.1 Å². The van der Waals surface area contributed by atoms with Crippen molar-refractivity contribution in [1.29, 1.82) is 0 Å². The van der Waals surface area contributed by atoms with E-state index in [0.717, 1.165) is 30.9 Å². The average molecular weight is 451 g/mol. The van der Waals surface area contributed by atoms with E-state index in [4.69, 9.17) is 5.73 Å². The van der Waals surface area contributed by atoms with Crippen molar-refractivity contribution in [3.05, 3.63) is 59.2 Å². The maximum absolute atomic E-state index is 14.8. The molecule has 31 heavy (non-hydrogen) atoms. The Morgan fingerprint density at radius 1 is 1.29 bits per heavy atom. The molecular formula is C22H25F3N4OS. The van der Waals surface area contributed by atoms with E-state index in [0.29, 0.717) is 22.8 Å². The zero-order chi connectivity index (χ0) is 22.6. The number of carbonyl (C=O) groups is 1. The molecule has 4 rings (SSSR count). The summed E-state index contributed by atoms with van der Waals surface area (Å²) in [4.78, 5) is 20.9. The summed E-state index contributed by atoms with van der Waals surface area (Å²) in [5.41, 5.74) is 5.78. The van der Waals surface area contributed by atoms with Crippen LogP contribution in [0.5, 0.6) is 0 Å². The van der Waals surface area contributed by atoms with E-state index in [1.165, 1.54) is 30.0 Å². The first-order valence-electron chi connectivity index (χ1n) is 10.2. The van der Waals surface area contributed by atoms with Crippen LogP contribution in [-0.2, 0) is 5.54 Å². The molecule has 9 heteroatoms. The fraction of sp³-hybridized carbons (Fsp3) is 0.409. The van der Waals surface area contributed by atoms with Crippen LogP contribution < -0.4 is 11.1 Å². The van der Waals surface area contributed by atoms with E-state index in [1.54, 1.807) is 6.07 Å². The highest BCUT2D eigenvalue weighted by Crippen LogP contribution is 2.51. The smallest absolute Gasteiger partial charge is 0.274 e. The maximum Gasteiger partial charge on any atom is 0.274 e. The zero-order valence-electron chi connectivity index (χ0n) is 17.4. The number of halogens is 3. The number of amidine groups is 1. The van der Waals surface area contributed by atoms with E-state index in [2.05, 4.69) is 15.3 Å². The number of aromatic nitrogens is 1. The Hall–Kier alpha value is -2.55. The molecule has 0 bridgehead atoms. The molecule has 2 aliphatic rings. The average Bonchev–Trinajstić information content (AvgIpc) is 3.20. The number of benzene rings is 1. The van der Waals surface area contributed by atoms with E-state index in [9.17, 15) is 18.0 Å². The molecule has 2 aromatic rings. The molecule has 2 heterocycles. The van der Waals surface area contributed by atoms with Gasteiger partial charge in [0, 0.05) is 28.8 Å². The SMILES string of the molecule is CC.NC1=NC2(c3cc(NC(=O)c4ccc(C(F)F)cn4)ccc3F)CCCC2CS1. The van der Waals surface area contributed by atoms with Crippen LogP contribution in [0.2, 0.25) is 0 Å². The summed E-state index contributed by atoms with van der Waals surface area (Å²) < 4.78 is 40.1. The fourth-order valence-corrected chi connectivity index (χ4v) is 5.10. The molecule has 1 aliphatic carbocycles. The molecule has 1 aromatic carbocycles. The van der Waals surface area contributed by atoms with Crippen molar-refractivity contribution in [2.45, 2.75) is 45.1 Å². The van der Waals surface area contributed by atoms with Crippen LogP contribution in [0.15, 0.2) is 41.5 Å². The summed E-state index contributed by atoms with van der Waals surface area (Å²) in [7, 11) is 0. The first-order chi connectivity index (χ1) is 14.9. The van der Waals surface area contributed by atoms with E-state index in [-0.39, 0.29) is 17.2 Å². The number of carbonyl (C=O) groups excluding carboxylic acids is 1. The second-order valence-electron chi connectivity index (χ2n) is 7.20. The Balaban J connectivity index is 0.00000132. The lowest BCUT2D eigenvalue weighted by atomic mass is 9.81. The lowest BCUT2D eigenvalue weighted by molar-refractivity contribution is 0.102. The number of hydrogen-bond acceptors (Lipinski definition) is 5. The van der Waals surface area contributed by atoms with Gasteiger partial charge in [0.2, 0.25) is 0 Å². The lowest BCUT2D eigenvalue weighted by Gasteiger charge is -2.36. The first kappa shape index (κ1) is 23.1.